The topological polar surface area (TPSA) is 69.2 Å². The van der Waals surface area contributed by atoms with Crippen LogP contribution in [-0.4, -0.2) is 32.4 Å². The predicted molar refractivity (Wildman–Crippen MR) is 107 cm³/mol. The molecular weight excluding hydrogens is 387 g/mol. The van der Waals surface area contributed by atoms with E-state index in [0.717, 1.165) is 11.6 Å². The summed E-state index contributed by atoms with van der Waals surface area (Å²) in [4.78, 5) is 16.8. The summed E-state index contributed by atoms with van der Waals surface area (Å²) in [6.07, 6.45) is 1.45. The zero-order valence-electron chi connectivity index (χ0n) is 15.9. The van der Waals surface area contributed by atoms with Crippen LogP contribution in [0.2, 0.25) is 5.02 Å². The Labute approximate surface area is 168 Å². The normalized spacial score (nSPS) is 10.9. The Morgan fingerprint density at radius 3 is 2.71 bits per heavy atom. The maximum atomic E-state index is 13.0. The lowest BCUT2D eigenvalue weighted by Gasteiger charge is -2.12. The first-order chi connectivity index (χ1) is 13.4. The molecule has 150 valence electrons. The molecule has 2 rings (SSSR count). The summed E-state index contributed by atoms with van der Waals surface area (Å²) >= 11 is 5.85. The molecule has 0 saturated carbocycles. The van der Waals surface area contributed by atoms with Gasteiger partial charge < -0.3 is 19.6 Å². The van der Waals surface area contributed by atoms with Gasteiger partial charge in [-0.15, -0.1) is 0 Å². The van der Waals surface area contributed by atoms with Gasteiger partial charge in [0, 0.05) is 5.56 Å². The van der Waals surface area contributed by atoms with Crippen molar-refractivity contribution in [3.8, 4) is 11.5 Å². The first-order valence-electron chi connectivity index (χ1n) is 8.60. The smallest absolute Gasteiger partial charge is 0.265 e. The van der Waals surface area contributed by atoms with E-state index in [9.17, 15) is 9.18 Å². The van der Waals surface area contributed by atoms with Gasteiger partial charge in [0.2, 0.25) is 0 Å². The van der Waals surface area contributed by atoms with Crippen LogP contribution in [0.1, 0.15) is 19.4 Å². The van der Waals surface area contributed by atoms with Crippen molar-refractivity contribution in [1.82, 2.24) is 0 Å². The fourth-order valence-electron chi connectivity index (χ4n) is 2.11. The van der Waals surface area contributed by atoms with Gasteiger partial charge in [0.25, 0.3) is 5.91 Å². The van der Waals surface area contributed by atoms with E-state index in [2.05, 4.69) is 24.3 Å². The third-order valence-corrected chi connectivity index (χ3v) is 3.75. The summed E-state index contributed by atoms with van der Waals surface area (Å²) in [5, 5.41) is 6.38. The summed E-state index contributed by atoms with van der Waals surface area (Å²) in [5.41, 5.74) is 1.01. The Morgan fingerprint density at radius 2 is 2.04 bits per heavy atom. The van der Waals surface area contributed by atoms with Gasteiger partial charge in [0.15, 0.2) is 18.1 Å². The maximum absolute atomic E-state index is 13.0. The molecule has 6 nitrogen and oxygen atoms in total. The number of carbonyl (C=O) groups is 1. The van der Waals surface area contributed by atoms with Crippen LogP contribution in [0, 0.1) is 11.7 Å². The molecule has 8 heteroatoms. The molecule has 0 atom stereocenters. The quantitative estimate of drug-likeness (QED) is 0.489. The van der Waals surface area contributed by atoms with Crippen LogP contribution in [-0.2, 0) is 9.63 Å². The van der Waals surface area contributed by atoms with E-state index >= 15 is 0 Å². The fourth-order valence-corrected chi connectivity index (χ4v) is 2.33. The fraction of sp³-hybridized carbons (Fsp3) is 0.300. The minimum absolute atomic E-state index is 0.101. The zero-order valence-corrected chi connectivity index (χ0v) is 16.6. The lowest BCUT2D eigenvalue weighted by molar-refractivity contribution is -0.120. The molecular formula is C20H22ClFN2O4. The Morgan fingerprint density at radius 1 is 1.25 bits per heavy atom. The molecule has 0 aromatic heterocycles. The molecule has 2 aromatic carbocycles. The molecule has 2 aromatic rings. The molecule has 0 saturated heterocycles. The van der Waals surface area contributed by atoms with Crippen LogP contribution in [0.15, 0.2) is 41.6 Å². The second kappa shape index (κ2) is 10.5. The van der Waals surface area contributed by atoms with Crippen LogP contribution in [0.4, 0.5) is 10.1 Å². The second-order valence-electron chi connectivity index (χ2n) is 6.30. The highest BCUT2D eigenvalue weighted by Gasteiger charge is 2.08. The first-order valence-corrected chi connectivity index (χ1v) is 8.98. The summed E-state index contributed by atoms with van der Waals surface area (Å²) < 4.78 is 24.0. The number of methoxy groups -OCH3 is 1. The average molecular weight is 409 g/mol. The molecule has 0 fully saturated rings. The number of ether oxygens (including phenoxy) is 2. The molecule has 0 spiro atoms. The molecule has 0 unspecified atom stereocenters. The van der Waals surface area contributed by atoms with Crippen molar-refractivity contribution in [2.75, 3.05) is 25.6 Å². The molecule has 1 amide bonds. The van der Waals surface area contributed by atoms with Crippen molar-refractivity contribution >= 4 is 29.4 Å². The lowest BCUT2D eigenvalue weighted by atomic mass is 10.2. The highest BCUT2D eigenvalue weighted by molar-refractivity contribution is 6.33. The van der Waals surface area contributed by atoms with Gasteiger partial charge in [0.1, 0.15) is 5.82 Å². The largest absolute Gasteiger partial charge is 0.493 e. The first kappa shape index (κ1) is 21.5. The number of hydrogen-bond acceptors (Lipinski definition) is 5. The van der Waals surface area contributed by atoms with E-state index in [1.807, 2.05) is 0 Å². The van der Waals surface area contributed by atoms with Crippen LogP contribution in [0.5, 0.6) is 11.5 Å². The number of hydrogen-bond donors (Lipinski definition) is 1. The standard InChI is InChI=1S/C20H22ClFN2O4/c1-13(2)11-27-18-7-4-14(8-19(18)26-3)10-23-28-12-20(25)24-17-6-5-15(22)9-16(17)21/h4-10,13H,11-12H2,1-3H3,(H,24,25)/b23-10-. The summed E-state index contributed by atoms with van der Waals surface area (Å²) in [7, 11) is 1.56. The van der Waals surface area contributed by atoms with E-state index in [4.69, 9.17) is 25.9 Å². The van der Waals surface area contributed by atoms with Crippen molar-refractivity contribution in [2.24, 2.45) is 11.1 Å². The maximum Gasteiger partial charge on any atom is 0.265 e. The van der Waals surface area contributed by atoms with Gasteiger partial charge in [-0.2, -0.15) is 0 Å². The van der Waals surface area contributed by atoms with Crippen LogP contribution in [0.25, 0.3) is 0 Å². The van der Waals surface area contributed by atoms with Crippen molar-refractivity contribution in [2.45, 2.75) is 13.8 Å². The third kappa shape index (κ3) is 6.74. The molecule has 0 aliphatic carbocycles. The van der Waals surface area contributed by atoms with Crippen LogP contribution in [0.3, 0.4) is 0 Å². The van der Waals surface area contributed by atoms with Crippen LogP contribution < -0.4 is 14.8 Å². The molecule has 0 radical (unpaired) electrons. The zero-order chi connectivity index (χ0) is 20.5. The van der Waals surface area contributed by atoms with E-state index in [1.165, 1.54) is 18.3 Å². The Hall–Kier alpha value is -2.80. The highest BCUT2D eigenvalue weighted by atomic mass is 35.5. The Kier molecular flexibility index (Phi) is 8.07. The van der Waals surface area contributed by atoms with Gasteiger partial charge in [0.05, 0.1) is 30.6 Å². The van der Waals surface area contributed by atoms with Crippen LogP contribution >= 0.6 is 11.6 Å². The second-order valence-corrected chi connectivity index (χ2v) is 6.70. The molecule has 0 heterocycles. The molecule has 0 bridgehead atoms. The van der Waals surface area contributed by atoms with E-state index in [0.29, 0.717) is 29.7 Å². The number of oxime groups is 1. The molecule has 28 heavy (non-hydrogen) atoms. The number of nitrogens with one attached hydrogen (secondary N) is 1. The van der Waals surface area contributed by atoms with E-state index < -0.39 is 11.7 Å². The van der Waals surface area contributed by atoms with Gasteiger partial charge >= 0.3 is 0 Å². The van der Waals surface area contributed by atoms with Crippen molar-refractivity contribution in [3.05, 3.63) is 52.8 Å². The Bertz CT molecular complexity index is 843. The number of halogens is 2. The third-order valence-electron chi connectivity index (χ3n) is 3.44. The van der Waals surface area contributed by atoms with E-state index in [1.54, 1.807) is 25.3 Å². The predicted octanol–water partition coefficient (Wildman–Crippen LogP) is 4.51. The number of nitrogens with zero attached hydrogens (tertiary/aromatic N) is 1. The van der Waals surface area contributed by atoms with Crippen molar-refractivity contribution < 1.29 is 23.5 Å². The highest BCUT2D eigenvalue weighted by Crippen LogP contribution is 2.28. The Balaban J connectivity index is 1.87. The van der Waals surface area contributed by atoms with Gasteiger partial charge in [-0.25, -0.2) is 4.39 Å². The summed E-state index contributed by atoms with van der Waals surface area (Å²) in [6.45, 7) is 4.38. The summed E-state index contributed by atoms with van der Waals surface area (Å²) in [5.74, 6) is 0.661. The van der Waals surface area contributed by atoms with Crippen molar-refractivity contribution in [3.63, 3.8) is 0 Å². The monoisotopic (exact) mass is 408 g/mol. The minimum atomic E-state index is -0.486. The molecule has 0 aliphatic heterocycles. The number of anilines is 1. The van der Waals surface area contributed by atoms with Gasteiger partial charge in [-0.05, 0) is 42.3 Å². The minimum Gasteiger partial charge on any atom is -0.493 e. The molecule has 0 aliphatic rings. The number of carbonyl (C=O) groups excluding carboxylic acids is 1. The summed E-state index contributed by atoms with van der Waals surface area (Å²) in [6, 6.07) is 9.00. The van der Waals surface area contributed by atoms with Gasteiger partial charge in [-0.3, -0.25) is 4.79 Å². The van der Waals surface area contributed by atoms with Crippen molar-refractivity contribution in [1.29, 1.82) is 0 Å². The number of benzene rings is 2. The SMILES string of the molecule is COc1cc(/C=N\OCC(=O)Nc2ccc(F)cc2Cl)ccc1OCC(C)C. The average Bonchev–Trinajstić information content (AvgIpc) is 2.66. The number of rotatable bonds is 9. The molecule has 1 N–H and O–H groups in total. The van der Waals surface area contributed by atoms with E-state index in [-0.39, 0.29) is 11.6 Å². The lowest BCUT2D eigenvalue weighted by Crippen LogP contribution is -2.17. The number of amides is 1. The van der Waals surface area contributed by atoms with Gasteiger partial charge in [-0.1, -0.05) is 30.6 Å².